The second-order valence-corrected chi connectivity index (χ2v) is 9.29. The maximum absolute atomic E-state index is 13.4. The molecule has 2 heterocycles. The highest BCUT2D eigenvalue weighted by Crippen LogP contribution is 2.39. The maximum Gasteiger partial charge on any atom is 0.235 e. The summed E-state index contributed by atoms with van der Waals surface area (Å²) in [6.45, 7) is 6.16. The predicted molar refractivity (Wildman–Crippen MR) is 129 cm³/mol. The Labute approximate surface area is 196 Å². The summed E-state index contributed by atoms with van der Waals surface area (Å²) in [6.07, 6.45) is 5.10. The van der Waals surface area contributed by atoms with E-state index in [4.69, 9.17) is 21.1 Å². The molecule has 5 nitrogen and oxygen atoms in total. The van der Waals surface area contributed by atoms with Crippen LogP contribution in [0, 0.1) is 0 Å². The molecule has 0 radical (unpaired) electrons. The van der Waals surface area contributed by atoms with Gasteiger partial charge in [-0.1, -0.05) is 36.2 Å². The van der Waals surface area contributed by atoms with E-state index in [0.717, 1.165) is 30.1 Å². The van der Waals surface area contributed by atoms with E-state index in [1.165, 1.54) is 19.3 Å². The zero-order chi connectivity index (χ0) is 22.4. The van der Waals surface area contributed by atoms with Crippen molar-refractivity contribution >= 4 is 23.2 Å². The van der Waals surface area contributed by atoms with Gasteiger partial charge >= 0.3 is 0 Å². The number of halogens is 1. The Bertz CT molecular complexity index is 896. The van der Waals surface area contributed by atoms with E-state index in [9.17, 15) is 4.79 Å². The monoisotopic (exact) mass is 456 g/mol. The van der Waals surface area contributed by atoms with Crippen LogP contribution in [0.5, 0.6) is 5.75 Å². The van der Waals surface area contributed by atoms with Gasteiger partial charge in [0.05, 0.1) is 5.41 Å². The lowest BCUT2D eigenvalue weighted by atomic mass is 9.73. The number of carbonyl (C=O) groups excluding carboxylic acids is 1. The summed E-state index contributed by atoms with van der Waals surface area (Å²) < 4.78 is 11.5. The quantitative estimate of drug-likeness (QED) is 0.615. The van der Waals surface area contributed by atoms with E-state index in [1.54, 1.807) is 0 Å². The number of amides is 1. The lowest BCUT2D eigenvalue weighted by Crippen LogP contribution is -2.45. The third-order valence-corrected chi connectivity index (χ3v) is 7.20. The number of nitrogens with one attached hydrogen (secondary N) is 1. The molecular weight excluding hydrogens is 424 g/mol. The first-order chi connectivity index (χ1) is 15.6. The van der Waals surface area contributed by atoms with Crippen LogP contribution < -0.4 is 10.1 Å². The number of anilines is 1. The molecule has 0 saturated carbocycles. The summed E-state index contributed by atoms with van der Waals surface area (Å²) in [6, 6.07) is 15.9. The molecule has 2 aliphatic heterocycles. The highest BCUT2D eigenvalue weighted by Gasteiger charge is 2.43. The highest BCUT2D eigenvalue weighted by molar-refractivity contribution is 6.31. The predicted octanol–water partition coefficient (Wildman–Crippen LogP) is 5.28. The topological polar surface area (TPSA) is 50.8 Å². The average Bonchev–Trinajstić information content (AvgIpc) is 2.82. The Morgan fingerprint density at radius 2 is 1.91 bits per heavy atom. The number of hydrogen-bond donors (Lipinski definition) is 1. The van der Waals surface area contributed by atoms with Crippen LogP contribution in [-0.2, 0) is 14.9 Å². The highest BCUT2D eigenvalue weighted by atomic mass is 35.5. The molecule has 0 spiro atoms. The zero-order valence-corrected chi connectivity index (χ0v) is 19.6. The fourth-order valence-corrected chi connectivity index (χ4v) is 5.16. The average molecular weight is 457 g/mol. The van der Waals surface area contributed by atoms with Gasteiger partial charge in [0.25, 0.3) is 0 Å². The normalized spacial score (nSPS) is 21.1. The summed E-state index contributed by atoms with van der Waals surface area (Å²) in [5.74, 6) is 0.779. The lowest BCUT2D eigenvalue weighted by Gasteiger charge is -2.36. The van der Waals surface area contributed by atoms with Crippen LogP contribution in [0.1, 0.15) is 44.6 Å². The maximum atomic E-state index is 13.4. The van der Waals surface area contributed by atoms with Gasteiger partial charge in [0.15, 0.2) is 0 Å². The Morgan fingerprint density at radius 3 is 2.62 bits per heavy atom. The molecule has 1 amide bonds. The third kappa shape index (κ3) is 5.28. The minimum absolute atomic E-state index is 0.0401. The molecule has 0 aliphatic carbocycles. The summed E-state index contributed by atoms with van der Waals surface area (Å²) in [7, 11) is 0. The van der Waals surface area contributed by atoms with Gasteiger partial charge in [0.1, 0.15) is 12.4 Å². The molecule has 0 unspecified atom stereocenters. The molecule has 172 valence electrons. The molecule has 2 fully saturated rings. The fourth-order valence-electron chi connectivity index (χ4n) is 4.84. The van der Waals surface area contributed by atoms with Crippen LogP contribution in [0.2, 0.25) is 5.02 Å². The summed E-state index contributed by atoms with van der Waals surface area (Å²) in [4.78, 5) is 15.9. The standard InChI is InChI=1S/C26H33ClN2O3/c1-20-6-4-5-15-29(20)16-19-32-22-11-9-21(10-12-22)28-25(30)26(13-17-31-18-14-26)23-7-2-3-8-24(23)27/h2-3,7-12,20H,4-6,13-19H2,1H3,(H,28,30)/t20-/m0/s1. The van der Waals surface area contributed by atoms with E-state index in [2.05, 4.69) is 17.1 Å². The first-order valence-electron chi connectivity index (χ1n) is 11.7. The first-order valence-corrected chi connectivity index (χ1v) is 12.1. The summed E-state index contributed by atoms with van der Waals surface area (Å²) >= 11 is 6.49. The number of rotatable bonds is 7. The molecule has 2 aromatic rings. The van der Waals surface area contributed by atoms with Gasteiger partial charge in [-0.15, -0.1) is 0 Å². The van der Waals surface area contributed by atoms with Gasteiger partial charge in [-0.3, -0.25) is 9.69 Å². The van der Waals surface area contributed by atoms with Crippen molar-refractivity contribution in [1.82, 2.24) is 4.90 Å². The Morgan fingerprint density at radius 1 is 1.16 bits per heavy atom. The molecule has 1 N–H and O–H groups in total. The van der Waals surface area contributed by atoms with Gasteiger partial charge in [-0.25, -0.2) is 0 Å². The molecule has 2 saturated heterocycles. The molecular formula is C26H33ClN2O3. The molecule has 2 aromatic carbocycles. The van der Waals surface area contributed by atoms with Crippen LogP contribution in [0.25, 0.3) is 0 Å². The largest absolute Gasteiger partial charge is 0.492 e. The van der Waals surface area contributed by atoms with E-state index in [0.29, 0.717) is 43.7 Å². The smallest absolute Gasteiger partial charge is 0.235 e. The zero-order valence-electron chi connectivity index (χ0n) is 18.8. The first kappa shape index (κ1) is 23.1. The van der Waals surface area contributed by atoms with Gasteiger partial charge < -0.3 is 14.8 Å². The SMILES string of the molecule is C[C@H]1CCCCN1CCOc1ccc(NC(=O)C2(c3ccccc3Cl)CCOCC2)cc1. The van der Waals surface area contributed by atoms with Gasteiger partial charge in [-0.2, -0.15) is 0 Å². The van der Waals surface area contributed by atoms with Crippen molar-refractivity contribution in [2.24, 2.45) is 0 Å². The van der Waals surface area contributed by atoms with Crippen molar-refractivity contribution in [3.8, 4) is 5.75 Å². The van der Waals surface area contributed by atoms with Crippen LogP contribution in [0.3, 0.4) is 0 Å². The number of ether oxygens (including phenoxy) is 2. The number of piperidine rings is 1. The van der Waals surface area contributed by atoms with Gasteiger partial charge in [-0.05, 0) is 75.0 Å². The summed E-state index contributed by atoms with van der Waals surface area (Å²) in [5.41, 5.74) is 0.941. The molecule has 0 bridgehead atoms. The number of benzene rings is 2. The third-order valence-electron chi connectivity index (χ3n) is 6.87. The van der Waals surface area contributed by atoms with E-state index in [-0.39, 0.29) is 5.91 Å². The van der Waals surface area contributed by atoms with Crippen molar-refractivity contribution in [3.63, 3.8) is 0 Å². The molecule has 4 rings (SSSR count). The van der Waals surface area contributed by atoms with Crippen molar-refractivity contribution < 1.29 is 14.3 Å². The van der Waals surface area contributed by atoms with Crippen molar-refractivity contribution in [3.05, 3.63) is 59.1 Å². The number of likely N-dealkylation sites (tertiary alicyclic amines) is 1. The Kier molecular flexibility index (Phi) is 7.71. The number of nitrogens with zero attached hydrogens (tertiary/aromatic N) is 1. The van der Waals surface area contributed by atoms with Crippen molar-refractivity contribution in [2.75, 3.05) is 38.2 Å². The molecule has 0 aromatic heterocycles. The fraction of sp³-hybridized carbons (Fsp3) is 0.500. The Hall–Kier alpha value is -2.08. The second kappa shape index (κ2) is 10.7. The molecule has 32 heavy (non-hydrogen) atoms. The summed E-state index contributed by atoms with van der Waals surface area (Å²) in [5, 5.41) is 3.72. The van der Waals surface area contributed by atoms with Crippen LogP contribution >= 0.6 is 11.6 Å². The molecule has 6 heteroatoms. The number of carbonyl (C=O) groups is 1. The minimum atomic E-state index is -0.684. The van der Waals surface area contributed by atoms with Crippen LogP contribution in [0.4, 0.5) is 5.69 Å². The van der Waals surface area contributed by atoms with Gasteiger partial charge in [0, 0.05) is 36.5 Å². The van der Waals surface area contributed by atoms with Crippen molar-refractivity contribution in [1.29, 1.82) is 0 Å². The second-order valence-electron chi connectivity index (χ2n) is 8.88. The number of hydrogen-bond acceptors (Lipinski definition) is 4. The van der Waals surface area contributed by atoms with E-state index < -0.39 is 5.41 Å². The van der Waals surface area contributed by atoms with E-state index in [1.807, 2.05) is 48.5 Å². The molecule has 2 aliphatic rings. The van der Waals surface area contributed by atoms with E-state index >= 15 is 0 Å². The van der Waals surface area contributed by atoms with Crippen LogP contribution in [0.15, 0.2) is 48.5 Å². The molecule has 1 atom stereocenters. The van der Waals surface area contributed by atoms with Crippen LogP contribution in [-0.4, -0.2) is 49.8 Å². The lowest BCUT2D eigenvalue weighted by molar-refractivity contribution is -0.125. The Balaban J connectivity index is 1.37. The van der Waals surface area contributed by atoms with Crippen molar-refractivity contribution in [2.45, 2.75) is 50.5 Å². The van der Waals surface area contributed by atoms with Gasteiger partial charge in [0.2, 0.25) is 5.91 Å². The minimum Gasteiger partial charge on any atom is -0.492 e.